The van der Waals surface area contributed by atoms with E-state index in [-0.39, 0.29) is 11.9 Å². The highest BCUT2D eigenvalue weighted by molar-refractivity contribution is 9.10. The van der Waals surface area contributed by atoms with Gasteiger partial charge < -0.3 is 11.1 Å². The van der Waals surface area contributed by atoms with Gasteiger partial charge in [0.05, 0.1) is 16.6 Å². The van der Waals surface area contributed by atoms with Crippen molar-refractivity contribution in [2.24, 2.45) is 11.7 Å². The first kappa shape index (κ1) is 13.8. The van der Waals surface area contributed by atoms with Crippen LogP contribution in [0.15, 0.2) is 22.7 Å². The zero-order valence-corrected chi connectivity index (χ0v) is 12.6. The SMILES string of the molecule is NC(=S)C(NC(=O)c1cc(Cl)ccc1Br)C1CC1. The third kappa shape index (κ3) is 3.22. The Morgan fingerprint density at radius 1 is 1.56 bits per heavy atom. The number of carbonyl (C=O) groups excluding carboxylic acids is 1. The molecule has 1 aromatic rings. The van der Waals surface area contributed by atoms with E-state index in [0.717, 1.165) is 12.8 Å². The summed E-state index contributed by atoms with van der Waals surface area (Å²) in [5, 5.41) is 3.38. The van der Waals surface area contributed by atoms with Gasteiger partial charge in [0.2, 0.25) is 0 Å². The van der Waals surface area contributed by atoms with Crippen molar-refractivity contribution >= 4 is 50.6 Å². The first-order chi connectivity index (χ1) is 8.49. The van der Waals surface area contributed by atoms with Crippen LogP contribution in [0.5, 0.6) is 0 Å². The van der Waals surface area contributed by atoms with Gasteiger partial charge >= 0.3 is 0 Å². The molecule has 3 nitrogen and oxygen atoms in total. The molecule has 18 heavy (non-hydrogen) atoms. The third-order valence-electron chi connectivity index (χ3n) is 2.86. The summed E-state index contributed by atoms with van der Waals surface area (Å²) in [7, 11) is 0. The molecule has 0 bridgehead atoms. The molecule has 1 unspecified atom stereocenters. The molecule has 1 saturated carbocycles. The van der Waals surface area contributed by atoms with Crippen LogP contribution in [0.1, 0.15) is 23.2 Å². The van der Waals surface area contributed by atoms with E-state index in [4.69, 9.17) is 29.6 Å². The van der Waals surface area contributed by atoms with E-state index in [1.165, 1.54) is 0 Å². The second-order valence-electron chi connectivity index (χ2n) is 4.32. The van der Waals surface area contributed by atoms with E-state index in [0.29, 0.717) is 26.0 Å². The molecule has 96 valence electrons. The number of amides is 1. The lowest BCUT2D eigenvalue weighted by Crippen LogP contribution is -2.45. The smallest absolute Gasteiger partial charge is 0.253 e. The molecule has 0 spiro atoms. The first-order valence-electron chi connectivity index (χ1n) is 5.54. The Labute approximate surface area is 124 Å². The summed E-state index contributed by atoms with van der Waals surface area (Å²) in [6.07, 6.45) is 2.11. The fourth-order valence-corrected chi connectivity index (χ4v) is 2.59. The topological polar surface area (TPSA) is 55.1 Å². The molecule has 1 fully saturated rings. The lowest BCUT2D eigenvalue weighted by atomic mass is 10.1. The maximum Gasteiger partial charge on any atom is 0.253 e. The Morgan fingerprint density at radius 3 is 2.78 bits per heavy atom. The summed E-state index contributed by atoms with van der Waals surface area (Å²) in [4.78, 5) is 12.5. The van der Waals surface area contributed by atoms with Crippen molar-refractivity contribution in [2.75, 3.05) is 0 Å². The van der Waals surface area contributed by atoms with Gasteiger partial charge in [0.1, 0.15) is 0 Å². The van der Waals surface area contributed by atoms with Gasteiger partial charge in [-0.1, -0.05) is 23.8 Å². The van der Waals surface area contributed by atoms with Crippen LogP contribution in [0.3, 0.4) is 0 Å². The summed E-state index contributed by atoms with van der Waals surface area (Å²) in [6.45, 7) is 0. The number of thiocarbonyl (C=S) groups is 1. The molecule has 3 N–H and O–H groups in total. The Kier molecular flexibility index (Phi) is 4.25. The molecule has 1 atom stereocenters. The number of benzene rings is 1. The van der Waals surface area contributed by atoms with Crippen molar-refractivity contribution in [2.45, 2.75) is 18.9 Å². The highest BCUT2D eigenvalue weighted by atomic mass is 79.9. The number of hydrogen-bond donors (Lipinski definition) is 2. The first-order valence-corrected chi connectivity index (χ1v) is 7.12. The van der Waals surface area contributed by atoms with Crippen molar-refractivity contribution in [3.8, 4) is 0 Å². The van der Waals surface area contributed by atoms with Crippen molar-refractivity contribution < 1.29 is 4.79 Å². The van der Waals surface area contributed by atoms with Gasteiger partial charge in [0.15, 0.2) is 0 Å². The highest BCUT2D eigenvalue weighted by Gasteiger charge is 2.34. The summed E-state index contributed by atoms with van der Waals surface area (Å²) in [5.74, 6) is 0.165. The Morgan fingerprint density at radius 2 is 2.22 bits per heavy atom. The molecule has 0 radical (unpaired) electrons. The number of nitrogens with one attached hydrogen (secondary N) is 1. The minimum atomic E-state index is -0.224. The quantitative estimate of drug-likeness (QED) is 0.824. The predicted octanol–water partition coefficient (Wildman–Crippen LogP) is 2.90. The van der Waals surface area contributed by atoms with E-state index in [9.17, 15) is 4.79 Å². The minimum Gasteiger partial charge on any atom is -0.392 e. The normalized spacial score (nSPS) is 16.1. The monoisotopic (exact) mass is 346 g/mol. The number of rotatable bonds is 4. The zero-order chi connectivity index (χ0) is 13.3. The van der Waals surface area contributed by atoms with Crippen molar-refractivity contribution in [1.82, 2.24) is 5.32 Å². The molecule has 1 aliphatic carbocycles. The van der Waals surface area contributed by atoms with Crippen LogP contribution in [0.2, 0.25) is 5.02 Å². The summed E-state index contributed by atoms with van der Waals surface area (Å²) in [5.41, 5.74) is 6.14. The van der Waals surface area contributed by atoms with E-state index in [1.807, 2.05) is 0 Å². The molecule has 1 aromatic carbocycles. The maximum atomic E-state index is 12.1. The van der Waals surface area contributed by atoms with E-state index in [2.05, 4.69) is 21.2 Å². The lowest BCUT2D eigenvalue weighted by molar-refractivity contribution is 0.0943. The number of halogens is 2. The van der Waals surface area contributed by atoms with Gasteiger partial charge in [-0.15, -0.1) is 0 Å². The zero-order valence-electron chi connectivity index (χ0n) is 9.45. The van der Waals surface area contributed by atoms with E-state index in [1.54, 1.807) is 18.2 Å². The summed E-state index contributed by atoms with van der Waals surface area (Å²) in [6, 6.07) is 4.85. The van der Waals surface area contributed by atoms with Gasteiger partial charge in [0.25, 0.3) is 5.91 Å². The minimum absolute atomic E-state index is 0.214. The van der Waals surface area contributed by atoms with Gasteiger partial charge in [-0.3, -0.25) is 4.79 Å². The van der Waals surface area contributed by atoms with Crippen molar-refractivity contribution in [3.05, 3.63) is 33.3 Å². The van der Waals surface area contributed by atoms with Crippen LogP contribution in [0.25, 0.3) is 0 Å². The molecule has 0 aromatic heterocycles. The van der Waals surface area contributed by atoms with Crippen LogP contribution in [-0.4, -0.2) is 16.9 Å². The lowest BCUT2D eigenvalue weighted by Gasteiger charge is -2.17. The van der Waals surface area contributed by atoms with Crippen LogP contribution in [-0.2, 0) is 0 Å². The van der Waals surface area contributed by atoms with Gasteiger partial charge in [-0.25, -0.2) is 0 Å². The van der Waals surface area contributed by atoms with Gasteiger partial charge in [-0.05, 0) is 52.9 Å². The molecule has 0 heterocycles. The van der Waals surface area contributed by atoms with Gasteiger partial charge in [-0.2, -0.15) is 0 Å². The molecule has 0 aliphatic heterocycles. The fraction of sp³-hybridized carbons (Fsp3) is 0.333. The highest BCUT2D eigenvalue weighted by Crippen LogP contribution is 2.33. The van der Waals surface area contributed by atoms with Crippen molar-refractivity contribution in [3.63, 3.8) is 0 Å². The molecule has 1 aliphatic rings. The standard InChI is InChI=1S/C12H12BrClN2OS/c13-9-4-3-7(14)5-8(9)12(17)16-10(11(15)18)6-1-2-6/h3-6,10H,1-2H2,(H2,15,18)(H,16,17). The van der Waals surface area contributed by atoms with Crippen LogP contribution < -0.4 is 11.1 Å². The fourth-order valence-electron chi connectivity index (χ4n) is 1.74. The summed E-state index contributed by atoms with van der Waals surface area (Å²) < 4.78 is 0.696. The average molecular weight is 348 g/mol. The molecule has 6 heteroatoms. The second kappa shape index (κ2) is 5.55. The average Bonchev–Trinajstić information content (AvgIpc) is 3.12. The molecular weight excluding hydrogens is 336 g/mol. The summed E-state index contributed by atoms with van der Waals surface area (Å²) >= 11 is 14.2. The Hall–Kier alpha value is -0.650. The molecule has 0 saturated heterocycles. The molecular formula is C12H12BrClN2OS. The third-order valence-corrected chi connectivity index (χ3v) is 4.04. The van der Waals surface area contributed by atoms with Crippen LogP contribution in [0.4, 0.5) is 0 Å². The predicted molar refractivity (Wildman–Crippen MR) is 79.9 cm³/mol. The van der Waals surface area contributed by atoms with E-state index >= 15 is 0 Å². The maximum absolute atomic E-state index is 12.1. The number of hydrogen-bond acceptors (Lipinski definition) is 2. The Balaban J connectivity index is 2.15. The van der Waals surface area contributed by atoms with E-state index < -0.39 is 0 Å². The molecule has 2 rings (SSSR count). The number of nitrogens with two attached hydrogens (primary N) is 1. The largest absolute Gasteiger partial charge is 0.392 e. The Bertz CT molecular complexity index is 505. The van der Waals surface area contributed by atoms with Crippen LogP contribution in [0, 0.1) is 5.92 Å². The van der Waals surface area contributed by atoms with Crippen LogP contribution >= 0.6 is 39.7 Å². The number of carbonyl (C=O) groups is 1. The second-order valence-corrected chi connectivity index (χ2v) is 6.08. The van der Waals surface area contributed by atoms with Crippen molar-refractivity contribution in [1.29, 1.82) is 0 Å². The molecule has 1 amide bonds. The van der Waals surface area contributed by atoms with Gasteiger partial charge in [0, 0.05) is 9.50 Å².